The van der Waals surface area contributed by atoms with Gasteiger partial charge < -0.3 is 5.32 Å². The van der Waals surface area contributed by atoms with Crippen LogP contribution in [0.5, 0.6) is 0 Å². The summed E-state index contributed by atoms with van der Waals surface area (Å²) >= 11 is 0.920. The number of fused-ring (bicyclic) bond motifs is 1. The molecule has 0 aliphatic heterocycles. The molecule has 3 fully saturated rings. The maximum Gasteiger partial charge on any atom is 0.255 e. The molecule has 3 aliphatic carbocycles. The summed E-state index contributed by atoms with van der Waals surface area (Å²) in [6.45, 7) is 0. The van der Waals surface area contributed by atoms with Crippen molar-refractivity contribution < 1.29 is 22.4 Å². The van der Waals surface area contributed by atoms with Gasteiger partial charge in [-0.2, -0.15) is 0 Å². The number of carbonyl (C=O) groups is 1. The highest BCUT2D eigenvalue weighted by Crippen LogP contribution is 2.70. The molecule has 0 spiro atoms. The van der Waals surface area contributed by atoms with Gasteiger partial charge in [0.2, 0.25) is 11.8 Å². The highest BCUT2D eigenvalue weighted by molar-refractivity contribution is 7.97. The first-order valence-corrected chi connectivity index (χ1v) is 10.0. The first-order chi connectivity index (χ1) is 12.7. The fourth-order valence-corrected chi connectivity index (χ4v) is 5.34. The van der Waals surface area contributed by atoms with Crippen LogP contribution in [0.3, 0.4) is 0 Å². The van der Waals surface area contributed by atoms with E-state index in [2.05, 4.69) is 10.3 Å². The van der Waals surface area contributed by atoms with Gasteiger partial charge in [0.05, 0.1) is 5.92 Å². The van der Waals surface area contributed by atoms with Crippen molar-refractivity contribution in [3.63, 3.8) is 0 Å². The molecule has 3 N–H and O–H groups in total. The molecule has 3 saturated carbocycles. The Bertz CT molecular complexity index is 737. The molecule has 1 amide bonds. The van der Waals surface area contributed by atoms with Gasteiger partial charge in [0.25, 0.3) is 5.92 Å². The molecule has 4 nitrogen and oxygen atoms in total. The Kier molecular flexibility index (Phi) is 4.65. The highest BCUT2D eigenvalue weighted by atomic mass is 32.2. The zero-order valence-corrected chi connectivity index (χ0v) is 15.3. The number of halogens is 4. The van der Waals surface area contributed by atoms with Gasteiger partial charge >= 0.3 is 0 Å². The summed E-state index contributed by atoms with van der Waals surface area (Å²) in [5.41, 5.74) is 0.448. The van der Waals surface area contributed by atoms with Gasteiger partial charge in [-0.05, 0) is 55.2 Å². The molecule has 9 heteroatoms. The number of anilines is 1. The van der Waals surface area contributed by atoms with Crippen LogP contribution in [0.25, 0.3) is 0 Å². The van der Waals surface area contributed by atoms with E-state index in [0.717, 1.165) is 11.9 Å². The summed E-state index contributed by atoms with van der Waals surface area (Å²) in [4.78, 5) is 16.9. The molecule has 1 aromatic heterocycles. The number of aromatic nitrogens is 1. The van der Waals surface area contributed by atoms with E-state index in [9.17, 15) is 22.4 Å². The molecule has 148 valence electrons. The number of pyridine rings is 1. The summed E-state index contributed by atoms with van der Waals surface area (Å²) in [7, 11) is 0. The molecule has 0 radical (unpaired) electrons. The van der Waals surface area contributed by atoms with Crippen LogP contribution in [0, 0.1) is 29.6 Å². The molecule has 0 bridgehead atoms. The fourth-order valence-electron chi connectivity index (χ4n) is 5.03. The number of hydrogen-bond acceptors (Lipinski definition) is 4. The van der Waals surface area contributed by atoms with Crippen molar-refractivity contribution in [3.05, 3.63) is 18.3 Å². The number of amides is 1. The van der Waals surface area contributed by atoms with Crippen molar-refractivity contribution in [1.82, 2.24) is 4.98 Å². The van der Waals surface area contributed by atoms with Crippen molar-refractivity contribution in [2.24, 2.45) is 34.7 Å². The molecule has 4 atom stereocenters. The SMILES string of the molecule is NSc1cc(NC(=O)[C@H]2C(C3CCC(F)(F)CC3)CC3C2C3(F)F)ccn1. The maximum absolute atomic E-state index is 14.0. The second-order valence-corrected chi connectivity index (χ2v) is 8.57. The third-order valence-corrected chi connectivity index (χ3v) is 6.90. The van der Waals surface area contributed by atoms with Gasteiger partial charge in [-0.3, -0.25) is 9.93 Å². The second-order valence-electron chi connectivity index (χ2n) is 7.92. The van der Waals surface area contributed by atoms with Crippen molar-refractivity contribution in [3.8, 4) is 0 Å². The summed E-state index contributed by atoms with van der Waals surface area (Å²) in [5.74, 6) is -8.94. The third kappa shape index (κ3) is 3.44. The lowest BCUT2D eigenvalue weighted by Gasteiger charge is -2.36. The normalized spacial score (nSPS) is 34.1. The number of hydrogen-bond donors (Lipinski definition) is 2. The molecule has 0 saturated heterocycles. The number of nitrogens with zero attached hydrogens (tertiary/aromatic N) is 1. The Balaban J connectivity index is 1.51. The van der Waals surface area contributed by atoms with Gasteiger partial charge in [-0.15, -0.1) is 0 Å². The summed E-state index contributed by atoms with van der Waals surface area (Å²) in [6, 6.07) is 3.15. The van der Waals surface area contributed by atoms with E-state index in [-0.39, 0.29) is 43.9 Å². The maximum atomic E-state index is 14.0. The number of nitrogens with two attached hydrogens (primary N) is 1. The van der Waals surface area contributed by atoms with E-state index >= 15 is 0 Å². The van der Waals surface area contributed by atoms with E-state index in [1.54, 1.807) is 12.1 Å². The van der Waals surface area contributed by atoms with Crippen LogP contribution in [-0.4, -0.2) is 22.7 Å². The topological polar surface area (TPSA) is 68.0 Å². The van der Waals surface area contributed by atoms with Crippen LogP contribution in [0.1, 0.15) is 32.1 Å². The predicted octanol–water partition coefficient (Wildman–Crippen LogP) is 4.33. The van der Waals surface area contributed by atoms with Crippen molar-refractivity contribution in [2.75, 3.05) is 5.32 Å². The van der Waals surface area contributed by atoms with Gasteiger partial charge in [0.15, 0.2) is 0 Å². The monoisotopic (exact) mass is 403 g/mol. The molecule has 3 aliphatic rings. The zero-order chi connectivity index (χ0) is 19.4. The first kappa shape index (κ1) is 19.0. The van der Waals surface area contributed by atoms with E-state index in [0.29, 0.717) is 10.7 Å². The fraction of sp³-hybridized carbons (Fsp3) is 0.667. The number of nitrogens with one attached hydrogen (secondary N) is 1. The average molecular weight is 403 g/mol. The van der Waals surface area contributed by atoms with Crippen LogP contribution < -0.4 is 10.5 Å². The molecule has 3 unspecified atom stereocenters. The average Bonchev–Trinajstić information content (AvgIpc) is 2.97. The van der Waals surface area contributed by atoms with Crippen LogP contribution in [0.15, 0.2) is 23.4 Å². The lowest BCUT2D eigenvalue weighted by atomic mass is 9.72. The number of carbonyl (C=O) groups excluding carboxylic acids is 1. The predicted molar refractivity (Wildman–Crippen MR) is 93.3 cm³/mol. The smallest absolute Gasteiger partial charge is 0.255 e. The van der Waals surface area contributed by atoms with Crippen molar-refractivity contribution >= 4 is 23.5 Å². The quantitative estimate of drug-likeness (QED) is 0.580. The lowest BCUT2D eigenvalue weighted by molar-refractivity contribution is -0.125. The van der Waals surface area contributed by atoms with Gasteiger partial charge in [-0.1, -0.05) is 0 Å². The van der Waals surface area contributed by atoms with Crippen LogP contribution >= 0.6 is 11.9 Å². The van der Waals surface area contributed by atoms with Gasteiger partial charge in [-0.25, -0.2) is 22.5 Å². The third-order valence-electron chi connectivity index (χ3n) is 6.43. The van der Waals surface area contributed by atoms with Crippen LogP contribution in [0.4, 0.5) is 23.2 Å². The van der Waals surface area contributed by atoms with Crippen LogP contribution in [-0.2, 0) is 4.79 Å². The minimum Gasteiger partial charge on any atom is -0.326 e. The second kappa shape index (κ2) is 6.62. The number of alkyl halides is 4. The molecule has 27 heavy (non-hydrogen) atoms. The Morgan fingerprint density at radius 3 is 2.63 bits per heavy atom. The van der Waals surface area contributed by atoms with E-state index in [1.165, 1.54) is 6.20 Å². The van der Waals surface area contributed by atoms with Gasteiger partial charge in [0.1, 0.15) is 5.03 Å². The van der Waals surface area contributed by atoms with Gasteiger partial charge in [0, 0.05) is 36.6 Å². The van der Waals surface area contributed by atoms with E-state index in [1.807, 2.05) is 0 Å². The Morgan fingerprint density at radius 2 is 1.96 bits per heavy atom. The van der Waals surface area contributed by atoms with Crippen molar-refractivity contribution in [1.29, 1.82) is 0 Å². The largest absolute Gasteiger partial charge is 0.326 e. The summed E-state index contributed by atoms with van der Waals surface area (Å²) in [5, 5.41) is 8.67. The summed E-state index contributed by atoms with van der Waals surface area (Å²) < 4.78 is 55.0. The molecular weight excluding hydrogens is 382 g/mol. The molecule has 1 heterocycles. The van der Waals surface area contributed by atoms with Crippen LogP contribution in [0.2, 0.25) is 0 Å². The zero-order valence-electron chi connectivity index (χ0n) is 14.5. The molecule has 1 aromatic rings. The number of rotatable bonds is 4. The molecular formula is C18H21F4N3OS. The minimum absolute atomic E-state index is 0.100. The minimum atomic E-state index is -2.83. The Morgan fingerprint density at radius 1 is 1.26 bits per heavy atom. The van der Waals surface area contributed by atoms with Crippen molar-refractivity contribution in [2.45, 2.75) is 49.0 Å². The molecule has 4 rings (SSSR count). The highest BCUT2D eigenvalue weighted by Gasteiger charge is 2.77. The first-order valence-electron chi connectivity index (χ1n) is 9.12. The van der Waals surface area contributed by atoms with E-state index < -0.39 is 35.5 Å². The Labute approximate surface area is 158 Å². The summed E-state index contributed by atoms with van der Waals surface area (Å²) in [6.07, 6.45) is 1.84. The molecule has 0 aromatic carbocycles. The Hall–Kier alpha value is -1.35. The lowest BCUT2D eigenvalue weighted by Crippen LogP contribution is -2.37. The standard InChI is InChI=1S/C18H21F4N3OS/c19-17(20)4-1-9(2-5-17)11-8-12-15(18(12,21)22)14(11)16(26)25-10-3-6-24-13(7-10)27-23/h3,6-7,9,11-12,14-15H,1-2,4-5,8,23H2,(H,24,25,26)/t11?,12?,14-,15?/m0/s1. The van der Waals surface area contributed by atoms with E-state index in [4.69, 9.17) is 5.14 Å².